The molecule has 2 heterocycles. The highest BCUT2D eigenvalue weighted by Gasteiger charge is 2.49. The van der Waals surface area contributed by atoms with Gasteiger partial charge in [0.1, 0.15) is 29.5 Å². The molecule has 10 N–H and O–H groups in total. The average molecular weight is 614 g/mol. The third-order valence-electron chi connectivity index (χ3n) is 6.98. The molecule has 0 amide bonds. The lowest BCUT2D eigenvalue weighted by molar-refractivity contribution is -0.293. The van der Waals surface area contributed by atoms with Crippen LogP contribution in [0.1, 0.15) is 11.1 Å². The Balaban J connectivity index is 1.46. The first-order valence-electron chi connectivity index (χ1n) is 13.2. The first-order valence-corrected chi connectivity index (χ1v) is 13.2. The molecule has 6 atom stereocenters. The highest BCUT2D eigenvalue weighted by Crippen LogP contribution is 2.41. The van der Waals surface area contributed by atoms with Gasteiger partial charge in [-0.3, -0.25) is 0 Å². The van der Waals surface area contributed by atoms with E-state index in [1.54, 1.807) is 0 Å². The summed E-state index contributed by atoms with van der Waals surface area (Å²) in [7, 11) is 0. The van der Waals surface area contributed by atoms with Crippen molar-refractivity contribution in [2.75, 3.05) is 6.61 Å². The molecule has 0 saturated carbocycles. The molecule has 14 nitrogen and oxygen atoms in total. The van der Waals surface area contributed by atoms with Crippen LogP contribution in [0.15, 0.2) is 83.6 Å². The van der Waals surface area contributed by atoms with Crippen LogP contribution in [-0.2, 0) is 19.0 Å². The lowest BCUT2D eigenvalue weighted by atomic mass is 9.96. The summed E-state index contributed by atoms with van der Waals surface area (Å²) in [6, 6.07) is 8.00. The van der Waals surface area contributed by atoms with Crippen molar-refractivity contribution in [3.63, 3.8) is 0 Å². The number of allylic oxidation sites excluding steroid dienone is 2. The molecule has 2 aromatic carbocycles. The third-order valence-corrected chi connectivity index (χ3v) is 6.98. The molecule has 6 unspecified atom stereocenters. The van der Waals surface area contributed by atoms with Crippen molar-refractivity contribution in [3.05, 3.63) is 94.7 Å². The van der Waals surface area contributed by atoms with Crippen LogP contribution in [0.3, 0.4) is 0 Å². The van der Waals surface area contributed by atoms with E-state index in [2.05, 4.69) is 4.74 Å². The number of carbonyl (C=O) groups excluding carboxylic acids is 1. The number of ether oxygens (including phenoxy) is 4. The summed E-state index contributed by atoms with van der Waals surface area (Å²) in [6.45, 7) is -0.766. The zero-order valence-electron chi connectivity index (χ0n) is 22.6. The number of phenols is 4. The van der Waals surface area contributed by atoms with Gasteiger partial charge in [0.2, 0.25) is 18.2 Å². The van der Waals surface area contributed by atoms with Crippen molar-refractivity contribution in [1.29, 1.82) is 0 Å². The van der Waals surface area contributed by atoms with Gasteiger partial charge in [-0.25, -0.2) is 4.79 Å². The Morgan fingerprint density at radius 3 is 2.30 bits per heavy atom. The molecule has 1 saturated heterocycles. The van der Waals surface area contributed by atoms with E-state index in [0.29, 0.717) is 5.56 Å². The predicted molar refractivity (Wildman–Crippen MR) is 150 cm³/mol. The topological polar surface area (TPSA) is 240 Å². The van der Waals surface area contributed by atoms with E-state index in [0.717, 1.165) is 24.3 Å². The molecule has 3 aliphatic rings. The molecular weight excluding hydrogens is 584 g/mol. The summed E-state index contributed by atoms with van der Waals surface area (Å²) >= 11 is 0. The fraction of sp³-hybridized carbons (Fsp3) is 0.233. The fourth-order valence-corrected chi connectivity index (χ4v) is 4.74. The molecule has 232 valence electrons. The van der Waals surface area contributed by atoms with Gasteiger partial charge in [-0.2, -0.15) is 0 Å². The maximum absolute atomic E-state index is 12.6. The minimum absolute atomic E-state index is 0.0106. The van der Waals surface area contributed by atoms with Crippen molar-refractivity contribution in [1.82, 2.24) is 0 Å². The zero-order chi connectivity index (χ0) is 31.7. The maximum Gasteiger partial charge on any atom is 0.331 e. The number of rotatable bonds is 7. The van der Waals surface area contributed by atoms with Gasteiger partial charge in [0, 0.05) is 30.4 Å². The SMILES string of the molecule is O=C(C=Cc1ccc(O)cc1)OC1C(O)C(CO)OC(OC2=C(c3cc(O)c(O)c(O)c3)[OH+]C3C=C(O)C=C(O)C3=C2)C1O. The summed E-state index contributed by atoms with van der Waals surface area (Å²) in [6.07, 6.45) is -3.17. The number of hydrogen-bond acceptors (Lipinski definition) is 13. The van der Waals surface area contributed by atoms with Gasteiger partial charge in [0.25, 0.3) is 0 Å². The Labute approximate surface area is 248 Å². The lowest BCUT2D eigenvalue weighted by Gasteiger charge is -2.41. The van der Waals surface area contributed by atoms with Crippen LogP contribution in [0, 0.1) is 0 Å². The van der Waals surface area contributed by atoms with Gasteiger partial charge in [-0.15, -0.1) is 0 Å². The molecule has 0 aromatic heterocycles. The first kappa shape index (κ1) is 30.3. The van der Waals surface area contributed by atoms with Crippen molar-refractivity contribution in [3.8, 4) is 23.0 Å². The molecule has 44 heavy (non-hydrogen) atoms. The molecule has 2 aliphatic heterocycles. The molecule has 14 heteroatoms. The minimum atomic E-state index is -1.84. The van der Waals surface area contributed by atoms with Gasteiger partial charge in [-0.05, 0) is 23.8 Å². The normalized spacial score (nSPS) is 26.7. The summed E-state index contributed by atoms with van der Waals surface area (Å²) in [5, 5.41) is 91.5. The number of aliphatic hydroxyl groups excluding tert-OH is 5. The number of hydrogen-bond donors (Lipinski definition) is 9. The second kappa shape index (κ2) is 12.2. The van der Waals surface area contributed by atoms with E-state index in [1.807, 2.05) is 0 Å². The summed E-state index contributed by atoms with van der Waals surface area (Å²) in [4.78, 5) is 12.6. The predicted octanol–water partition coefficient (Wildman–Crippen LogP) is 0.992. The van der Waals surface area contributed by atoms with E-state index in [9.17, 15) is 50.8 Å². The minimum Gasteiger partial charge on any atom is -0.571 e. The Morgan fingerprint density at radius 1 is 0.955 bits per heavy atom. The number of phenolic OH excluding ortho intramolecular Hbond substituents is 4. The van der Waals surface area contributed by atoms with E-state index in [-0.39, 0.29) is 39.9 Å². The molecular formula is C30H29O14+. The second-order valence-electron chi connectivity index (χ2n) is 10.0. The number of aliphatic hydroxyl groups is 7. The number of carbonyl (C=O) groups is 1. The molecule has 2 aromatic rings. The Kier molecular flexibility index (Phi) is 8.42. The monoisotopic (exact) mass is 613 g/mol. The standard InChI is InChI=1S/C30H28O14/c31-12-23-26(39)29(44-24(37)6-3-13-1-4-15(32)5-2-13)27(40)30(43-23)42-22-11-17-18(34)9-16(33)10-21(17)41-28(22)14-7-19(35)25(38)20(36)8-14/h1-11,21,23,26-27,29-36,38-40H,12H2/p+1. The van der Waals surface area contributed by atoms with E-state index in [4.69, 9.17) is 14.2 Å². The Hall–Kier alpha value is -5.15. The van der Waals surface area contributed by atoms with Crippen LogP contribution in [0.4, 0.5) is 0 Å². The number of aromatic hydroxyl groups is 4. The molecule has 0 spiro atoms. The van der Waals surface area contributed by atoms with E-state index >= 15 is 0 Å². The molecule has 0 bridgehead atoms. The fourth-order valence-electron chi connectivity index (χ4n) is 4.74. The third kappa shape index (κ3) is 6.14. The number of fused-ring (bicyclic) bond motifs is 1. The summed E-state index contributed by atoms with van der Waals surface area (Å²) in [5.41, 5.74) is 0.709. The van der Waals surface area contributed by atoms with Crippen molar-refractivity contribution >= 4 is 17.8 Å². The van der Waals surface area contributed by atoms with E-state index < -0.39 is 66.6 Å². The Bertz CT molecular complexity index is 1560. The quantitative estimate of drug-likeness (QED) is 0.0917. The lowest BCUT2D eigenvalue weighted by Crippen LogP contribution is -2.60. The molecule has 1 aliphatic carbocycles. The van der Waals surface area contributed by atoms with Crippen molar-refractivity contribution in [2.24, 2.45) is 0 Å². The van der Waals surface area contributed by atoms with Gasteiger partial charge in [0.15, 0.2) is 29.5 Å². The van der Waals surface area contributed by atoms with Crippen LogP contribution >= 0.6 is 0 Å². The van der Waals surface area contributed by atoms with E-state index in [1.165, 1.54) is 42.5 Å². The largest absolute Gasteiger partial charge is 0.571 e. The smallest absolute Gasteiger partial charge is 0.331 e. The molecule has 1 fully saturated rings. The summed E-state index contributed by atoms with van der Waals surface area (Å²) < 4.78 is 21.2. The van der Waals surface area contributed by atoms with Gasteiger partial charge < -0.3 is 64.9 Å². The highest BCUT2D eigenvalue weighted by molar-refractivity contribution is 5.87. The zero-order valence-corrected chi connectivity index (χ0v) is 22.6. The highest BCUT2D eigenvalue weighted by atomic mass is 16.7. The van der Waals surface area contributed by atoms with Crippen LogP contribution in [0.25, 0.3) is 11.8 Å². The summed E-state index contributed by atoms with van der Waals surface area (Å²) in [5.74, 6) is -4.08. The van der Waals surface area contributed by atoms with Crippen LogP contribution in [-0.4, -0.2) is 100 Å². The van der Waals surface area contributed by atoms with Crippen LogP contribution in [0.5, 0.6) is 23.0 Å². The molecule has 0 radical (unpaired) electrons. The van der Waals surface area contributed by atoms with Crippen molar-refractivity contribution < 1.29 is 69.7 Å². The van der Waals surface area contributed by atoms with Crippen molar-refractivity contribution in [2.45, 2.75) is 36.8 Å². The Morgan fingerprint density at radius 2 is 1.64 bits per heavy atom. The second-order valence-corrected chi connectivity index (χ2v) is 10.0. The van der Waals surface area contributed by atoms with Crippen LogP contribution in [0.2, 0.25) is 0 Å². The average Bonchev–Trinajstić information content (AvgIpc) is 2.98. The number of benzene rings is 2. The van der Waals surface area contributed by atoms with Gasteiger partial charge >= 0.3 is 11.7 Å². The molecule has 5 rings (SSSR count). The first-order chi connectivity index (χ1) is 20.9. The van der Waals surface area contributed by atoms with Crippen LogP contribution < -0.4 is 0 Å². The maximum atomic E-state index is 12.6. The number of esters is 1. The van der Waals surface area contributed by atoms with Gasteiger partial charge in [0.05, 0.1) is 23.8 Å². The van der Waals surface area contributed by atoms with Gasteiger partial charge in [-0.1, -0.05) is 12.1 Å².